The average Bonchev–Trinajstić information content (AvgIpc) is 1.35. The van der Waals surface area contributed by atoms with Crippen molar-refractivity contribution in [3.8, 4) is 0 Å². The molecule has 1 N–H and O–H groups in total. The number of rotatable bonds is 1. The zero-order valence-electron chi connectivity index (χ0n) is 3.66. The van der Waals surface area contributed by atoms with E-state index in [-0.39, 0.29) is 23.1 Å². The fourth-order valence-corrected chi connectivity index (χ4v) is 0. The lowest BCUT2D eigenvalue weighted by molar-refractivity contribution is 0.494. The molecule has 0 spiro atoms. The van der Waals surface area contributed by atoms with E-state index in [0.29, 0.717) is 5.41 Å². The maximum Gasteiger partial charge on any atom is 0.287 e. The Morgan fingerprint density at radius 2 is 1.71 bits per heavy atom. The molecule has 0 atom stereocenters. The Morgan fingerprint density at radius 3 is 1.71 bits per heavy atom. The first-order valence-corrected chi connectivity index (χ1v) is 2.66. The van der Waals surface area contributed by atoms with Crippen molar-refractivity contribution >= 4 is 33.2 Å². The van der Waals surface area contributed by atoms with E-state index in [2.05, 4.69) is 6.58 Å². The first kappa shape index (κ1) is 10.4. The fraction of sp³-hybridized carbons (Fsp3) is 0. The van der Waals surface area contributed by atoms with E-state index in [1.807, 2.05) is 0 Å². The highest BCUT2D eigenvalue weighted by Crippen LogP contribution is 1.75. The summed E-state index contributed by atoms with van der Waals surface area (Å²) in [5.41, 5.74) is 0. The molecule has 0 saturated carbocycles. The summed E-state index contributed by atoms with van der Waals surface area (Å²) in [5, 5.41) is 0.465. The Bertz CT molecular complexity index is 123. The van der Waals surface area contributed by atoms with Crippen LogP contribution in [-0.4, -0.2) is 36.0 Å². The smallest absolute Gasteiger partial charge is 0.282 e. The summed E-state index contributed by atoms with van der Waals surface area (Å²) < 4.78 is 26.6. The normalized spacial score (nSPS) is 9.29. The van der Waals surface area contributed by atoms with Gasteiger partial charge < -0.3 is 0 Å². The van der Waals surface area contributed by atoms with E-state index in [0.717, 1.165) is 0 Å². The van der Waals surface area contributed by atoms with Gasteiger partial charge in [-0.1, -0.05) is 6.58 Å². The quantitative estimate of drug-likeness (QED) is 0.391. The van der Waals surface area contributed by atoms with Gasteiger partial charge in [0.15, 0.2) is 0 Å². The summed E-state index contributed by atoms with van der Waals surface area (Å²) in [6.45, 7) is 2.79. The Labute approximate surface area is 58.3 Å². The van der Waals surface area contributed by atoms with E-state index in [9.17, 15) is 8.42 Å². The monoisotopic (exact) mass is 132 g/mol. The summed E-state index contributed by atoms with van der Waals surface area (Å²) in [6, 6.07) is 0. The van der Waals surface area contributed by atoms with Gasteiger partial charge in [-0.25, -0.2) is 0 Å². The van der Waals surface area contributed by atoms with Crippen LogP contribution in [0.1, 0.15) is 0 Å². The lowest BCUT2D eigenvalue weighted by Crippen LogP contribution is -1.86. The maximum atomic E-state index is 9.44. The van der Waals surface area contributed by atoms with Gasteiger partial charge >= 0.3 is 0 Å². The van der Waals surface area contributed by atoms with Crippen LogP contribution in [0.3, 0.4) is 0 Å². The van der Waals surface area contributed by atoms with Crippen LogP contribution < -0.4 is 0 Å². The molecule has 0 aliphatic rings. The summed E-state index contributed by atoms with van der Waals surface area (Å²) >= 11 is 0. The second kappa shape index (κ2) is 3.42. The van der Waals surface area contributed by atoms with Crippen LogP contribution in [0.15, 0.2) is 12.0 Å². The van der Waals surface area contributed by atoms with Crippen LogP contribution in [0.25, 0.3) is 0 Å². The van der Waals surface area contributed by atoms with Gasteiger partial charge in [0.25, 0.3) is 10.1 Å². The second-order valence-corrected chi connectivity index (χ2v) is 2.04. The third kappa shape index (κ3) is 10.7. The maximum absolute atomic E-state index is 9.44. The zero-order valence-corrected chi connectivity index (χ0v) is 5.89. The van der Waals surface area contributed by atoms with Crippen LogP contribution in [0.5, 0.6) is 0 Å². The van der Waals surface area contributed by atoms with Crippen molar-refractivity contribution in [2.24, 2.45) is 0 Å². The van der Waals surface area contributed by atoms with Crippen LogP contribution in [0.2, 0.25) is 0 Å². The molecule has 2 radical (unpaired) electrons. The van der Waals surface area contributed by atoms with Gasteiger partial charge in [0.1, 0.15) is 0 Å². The molecule has 0 bridgehead atoms. The van der Waals surface area contributed by atoms with E-state index in [4.69, 9.17) is 4.55 Å². The first-order valence-electron chi connectivity index (χ1n) is 1.16. The molecule has 7 heavy (non-hydrogen) atoms. The molecule has 0 fully saturated rings. The van der Waals surface area contributed by atoms with E-state index < -0.39 is 10.1 Å². The number of hydrogen-bond acceptors (Lipinski definition) is 2. The van der Waals surface area contributed by atoms with Crippen LogP contribution in [0, 0.1) is 0 Å². The van der Waals surface area contributed by atoms with Gasteiger partial charge in [0.2, 0.25) is 0 Å². The Morgan fingerprint density at radius 1 is 1.57 bits per heavy atom. The summed E-state index contributed by atoms with van der Waals surface area (Å²) in [6.07, 6.45) is 0. The highest BCUT2D eigenvalue weighted by molar-refractivity contribution is 7.88. The van der Waals surface area contributed by atoms with Crippen molar-refractivity contribution in [2.75, 3.05) is 0 Å². The number of hydrogen-bond donors (Lipinski definition) is 1. The zero-order chi connectivity index (χ0) is 5.21. The molecular weight excluding hydrogens is 128 g/mol. The van der Waals surface area contributed by atoms with Gasteiger partial charge in [-0.15, -0.1) is 0 Å². The largest absolute Gasteiger partial charge is 0.287 e. The van der Waals surface area contributed by atoms with E-state index >= 15 is 0 Å². The van der Waals surface area contributed by atoms with Gasteiger partial charge in [0.05, 0.1) is 5.41 Å². The molecule has 0 aromatic rings. The third-order valence-corrected chi connectivity index (χ3v) is 0.632. The summed E-state index contributed by atoms with van der Waals surface area (Å²) in [4.78, 5) is 0. The molecule has 0 aromatic carbocycles. The van der Waals surface area contributed by atoms with Crippen LogP contribution in [-0.2, 0) is 10.1 Å². The van der Waals surface area contributed by atoms with Crippen LogP contribution in [0.4, 0.5) is 0 Å². The fourth-order valence-electron chi connectivity index (χ4n) is 0. The van der Waals surface area contributed by atoms with E-state index in [1.165, 1.54) is 0 Å². The third-order valence-electron chi connectivity index (χ3n) is 0.211. The van der Waals surface area contributed by atoms with Gasteiger partial charge in [0, 0.05) is 23.1 Å². The molecule has 0 amide bonds. The van der Waals surface area contributed by atoms with Gasteiger partial charge in [-0.3, -0.25) is 4.55 Å². The molecule has 38 valence electrons. The molecule has 0 aliphatic carbocycles. The molecule has 0 heterocycles. The van der Waals surface area contributed by atoms with Crippen molar-refractivity contribution < 1.29 is 13.0 Å². The highest BCUT2D eigenvalue weighted by atomic mass is 32.2. The van der Waals surface area contributed by atoms with Gasteiger partial charge in [-0.2, -0.15) is 8.42 Å². The highest BCUT2D eigenvalue weighted by Gasteiger charge is 1.87. The van der Waals surface area contributed by atoms with Crippen molar-refractivity contribution in [1.29, 1.82) is 0 Å². The SMILES string of the molecule is C=CS(=O)(=O)O.[Mg]. The summed E-state index contributed by atoms with van der Waals surface area (Å²) in [7, 11) is -3.90. The Balaban J connectivity index is 0. The first-order chi connectivity index (χ1) is 2.56. The molecule has 0 rings (SSSR count). The van der Waals surface area contributed by atoms with Crippen LogP contribution >= 0.6 is 0 Å². The molecule has 3 nitrogen and oxygen atoms in total. The van der Waals surface area contributed by atoms with Gasteiger partial charge in [-0.05, 0) is 0 Å². The van der Waals surface area contributed by atoms with Crippen molar-refractivity contribution in [3.05, 3.63) is 12.0 Å². The molecule has 0 aromatic heterocycles. The van der Waals surface area contributed by atoms with Crippen molar-refractivity contribution in [1.82, 2.24) is 0 Å². The van der Waals surface area contributed by atoms with Crippen molar-refractivity contribution in [3.63, 3.8) is 0 Å². The minimum atomic E-state index is -3.90. The predicted octanol–water partition coefficient (Wildman–Crippen LogP) is -0.363. The predicted molar refractivity (Wildman–Crippen MR) is 27.5 cm³/mol. The topological polar surface area (TPSA) is 54.4 Å². The van der Waals surface area contributed by atoms with E-state index in [1.54, 1.807) is 0 Å². The minimum absolute atomic E-state index is 0. The Hall–Kier alpha value is 0.416. The molecule has 0 saturated heterocycles. The second-order valence-electron chi connectivity index (χ2n) is 0.682. The standard InChI is InChI=1S/C2H4O3S.Mg/c1-2-6(3,4)5;/h2H,1H2,(H,3,4,5);. The minimum Gasteiger partial charge on any atom is -0.282 e. The Kier molecular flexibility index (Phi) is 5.09. The average molecular weight is 132 g/mol. The summed E-state index contributed by atoms with van der Waals surface area (Å²) in [5.74, 6) is 0. The lowest BCUT2D eigenvalue weighted by atomic mass is 11.3. The molecule has 0 aliphatic heterocycles. The van der Waals surface area contributed by atoms with Crippen molar-refractivity contribution in [2.45, 2.75) is 0 Å². The molecular formula is C2H4MgO3S. The lowest BCUT2D eigenvalue weighted by Gasteiger charge is -1.73. The molecule has 0 unspecified atom stereocenters. The molecule has 5 heteroatoms.